The van der Waals surface area contributed by atoms with Crippen LogP contribution in [0.2, 0.25) is 0 Å². The Morgan fingerprint density at radius 2 is 2.00 bits per heavy atom. The highest BCUT2D eigenvalue weighted by Crippen LogP contribution is 2.09. The van der Waals surface area contributed by atoms with E-state index < -0.39 is 6.03 Å². The van der Waals surface area contributed by atoms with Crippen molar-refractivity contribution in [3.8, 4) is 0 Å². The van der Waals surface area contributed by atoms with Crippen molar-refractivity contribution in [3.05, 3.63) is 12.7 Å². The average Bonchev–Trinajstić information content (AvgIpc) is 2.18. The number of nitrogens with zero attached hydrogens (tertiary/aromatic N) is 1. The lowest BCUT2D eigenvalue weighted by Gasteiger charge is -2.30. The van der Waals surface area contributed by atoms with Crippen LogP contribution in [-0.2, 0) is 4.79 Å². The first kappa shape index (κ1) is 10.6. The summed E-state index contributed by atoms with van der Waals surface area (Å²) in [4.78, 5) is 23.3. The summed E-state index contributed by atoms with van der Waals surface area (Å²) in [6, 6.07) is -0.255. The van der Waals surface area contributed by atoms with Crippen LogP contribution in [0.25, 0.3) is 0 Å². The second-order valence-corrected chi connectivity index (χ2v) is 3.31. The van der Waals surface area contributed by atoms with Crippen molar-refractivity contribution in [2.75, 3.05) is 13.1 Å². The number of carbonyl (C=O) groups excluding carboxylic acids is 2. The van der Waals surface area contributed by atoms with E-state index in [1.54, 1.807) is 4.90 Å². The van der Waals surface area contributed by atoms with Gasteiger partial charge in [0.05, 0.1) is 0 Å². The first-order chi connectivity index (χ1) is 6.63. The predicted octanol–water partition coefficient (Wildman–Crippen LogP) is -0.168. The maximum atomic E-state index is 11.0. The number of rotatable bonds is 2. The maximum Gasteiger partial charge on any atom is 0.314 e. The largest absolute Gasteiger partial charge is 0.351 e. The Morgan fingerprint density at radius 1 is 1.43 bits per heavy atom. The van der Waals surface area contributed by atoms with Crippen molar-refractivity contribution in [2.45, 2.75) is 18.9 Å². The van der Waals surface area contributed by atoms with Crippen LogP contribution in [0.5, 0.6) is 0 Å². The molecule has 0 aromatic heterocycles. The van der Waals surface area contributed by atoms with Gasteiger partial charge in [0.1, 0.15) is 0 Å². The summed E-state index contributed by atoms with van der Waals surface area (Å²) in [5, 5.41) is 2.79. The van der Waals surface area contributed by atoms with Crippen molar-refractivity contribution >= 4 is 11.9 Å². The Morgan fingerprint density at radius 3 is 2.43 bits per heavy atom. The summed E-state index contributed by atoms with van der Waals surface area (Å²) in [5.41, 5.74) is 5.12. The fourth-order valence-electron chi connectivity index (χ4n) is 1.50. The maximum absolute atomic E-state index is 11.0. The van der Waals surface area contributed by atoms with Crippen LogP contribution < -0.4 is 11.1 Å². The number of likely N-dealkylation sites (tertiary alicyclic amines) is 1. The molecule has 1 heterocycles. The van der Waals surface area contributed by atoms with Gasteiger partial charge in [-0.15, -0.1) is 0 Å². The number of amides is 3. The molecule has 5 nitrogen and oxygen atoms in total. The molecule has 0 spiro atoms. The zero-order chi connectivity index (χ0) is 10.6. The van der Waals surface area contributed by atoms with Crippen LogP contribution >= 0.6 is 0 Å². The van der Waals surface area contributed by atoms with Crippen LogP contribution in [0, 0.1) is 0 Å². The molecule has 1 saturated heterocycles. The highest BCUT2D eigenvalue weighted by atomic mass is 16.2. The van der Waals surface area contributed by atoms with Gasteiger partial charge in [-0.25, -0.2) is 4.79 Å². The van der Waals surface area contributed by atoms with Gasteiger partial charge in [0, 0.05) is 19.1 Å². The van der Waals surface area contributed by atoms with Crippen molar-refractivity contribution in [1.29, 1.82) is 0 Å². The molecule has 3 amide bonds. The van der Waals surface area contributed by atoms with Gasteiger partial charge < -0.3 is 16.0 Å². The van der Waals surface area contributed by atoms with Crippen molar-refractivity contribution in [2.24, 2.45) is 5.73 Å². The highest BCUT2D eigenvalue weighted by molar-refractivity contribution is 5.87. The van der Waals surface area contributed by atoms with Gasteiger partial charge in [-0.3, -0.25) is 4.79 Å². The first-order valence-corrected chi connectivity index (χ1v) is 4.61. The minimum absolute atomic E-state index is 0.135. The quantitative estimate of drug-likeness (QED) is 0.603. The third-order valence-electron chi connectivity index (χ3n) is 2.34. The van der Waals surface area contributed by atoms with Crippen molar-refractivity contribution < 1.29 is 9.59 Å². The summed E-state index contributed by atoms with van der Waals surface area (Å²) in [6.45, 7) is 4.59. The van der Waals surface area contributed by atoms with Gasteiger partial charge in [-0.2, -0.15) is 0 Å². The van der Waals surface area contributed by atoms with E-state index in [1.807, 2.05) is 0 Å². The summed E-state index contributed by atoms with van der Waals surface area (Å²) >= 11 is 0. The Kier molecular flexibility index (Phi) is 3.50. The number of urea groups is 1. The molecule has 0 atom stereocenters. The normalized spacial score (nSPS) is 17.6. The number of nitrogens with one attached hydrogen (secondary N) is 1. The smallest absolute Gasteiger partial charge is 0.314 e. The number of hydrogen-bond acceptors (Lipinski definition) is 2. The lowest BCUT2D eigenvalue weighted by atomic mass is 10.1. The number of carbonyl (C=O) groups is 2. The lowest BCUT2D eigenvalue weighted by molar-refractivity contribution is -0.117. The summed E-state index contributed by atoms with van der Waals surface area (Å²) in [6.07, 6.45) is 2.76. The molecule has 1 aliphatic heterocycles. The van der Waals surface area contributed by atoms with Gasteiger partial charge in [0.15, 0.2) is 0 Å². The molecule has 0 saturated carbocycles. The van der Waals surface area contributed by atoms with Crippen molar-refractivity contribution in [3.63, 3.8) is 0 Å². The minimum Gasteiger partial charge on any atom is -0.351 e. The number of piperidine rings is 1. The van der Waals surface area contributed by atoms with Gasteiger partial charge in [0.25, 0.3) is 0 Å². The van der Waals surface area contributed by atoms with Crippen LogP contribution in [0.1, 0.15) is 12.8 Å². The second-order valence-electron chi connectivity index (χ2n) is 3.31. The molecule has 3 N–H and O–H groups in total. The molecule has 0 aliphatic carbocycles. The number of nitrogens with two attached hydrogens (primary N) is 1. The minimum atomic E-state index is -0.390. The van der Waals surface area contributed by atoms with E-state index in [-0.39, 0.29) is 11.9 Å². The van der Waals surface area contributed by atoms with E-state index >= 15 is 0 Å². The van der Waals surface area contributed by atoms with Crippen LogP contribution in [-0.4, -0.2) is 36.0 Å². The van der Waals surface area contributed by atoms with Crippen LogP contribution in [0.4, 0.5) is 4.79 Å². The molecular weight excluding hydrogens is 182 g/mol. The first-order valence-electron chi connectivity index (χ1n) is 4.61. The van der Waals surface area contributed by atoms with Gasteiger partial charge in [-0.1, -0.05) is 6.58 Å². The van der Waals surface area contributed by atoms with E-state index in [1.165, 1.54) is 6.08 Å². The van der Waals surface area contributed by atoms with E-state index in [2.05, 4.69) is 11.9 Å². The zero-order valence-corrected chi connectivity index (χ0v) is 8.03. The molecule has 14 heavy (non-hydrogen) atoms. The second kappa shape index (κ2) is 4.64. The van der Waals surface area contributed by atoms with E-state index in [9.17, 15) is 9.59 Å². The van der Waals surface area contributed by atoms with Crippen LogP contribution in [0.3, 0.4) is 0 Å². The molecule has 0 aromatic rings. The Bertz CT molecular complexity index is 244. The summed E-state index contributed by atoms with van der Waals surface area (Å²) in [7, 11) is 0. The van der Waals surface area contributed by atoms with Crippen LogP contribution in [0.15, 0.2) is 12.7 Å². The van der Waals surface area contributed by atoms with Gasteiger partial charge >= 0.3 is 6.03 Å². The molecule has 78 valence electrons. The molecule has 0 aromatic carbocycles. The Balaban J connectivity index is 2.32. The third-order valence-corrected chi connectivity index (χ3v) is 2.34. The summed E-state index contributed by atoms with van der Waals surface area (Å²) < 4.78 is 0. The monoisotopic (exact) mass is 197 g/mol. The zero-order valence-electron chi connectivity index (χ0n) is 8.03. The molecule has 1 rings (SSSR count). The van der Waals surface area contributed by atoms with E-state index in [0.717, 1.165) is 12.8 Å². The lowest BCUT2D eigenvalue weighted by Crippen LogP contribution is -2.47. The average molecular weight is 197 g/mol. The van der Waals surface area contributed by atoms with Crippen molar-refractivity contribution in [1.82, 2.24) is 10.2 Å². The van der Waals surface area contributed by atoms with Gasteiger partial charge in [0.2, 0.25) is 5.91 Å². The summed E-state index contributed by atoms with van der Waals surface area (Å²) in [5.74, 6) is -0.164. The number of primary amides is 1. The standard InChI is InChI=1S/C9H15N3O2/c1-2-8(13)11-7-3-5-12(6-4-7)9(10)14/h2,7H,1,3-6H2,(H2,10,14)(H,11,13). The molecule has 0 radical (unpaired) electrons. The molecule has 0 unspecified atom stereocenters. The molecule has 5 heteroatoms. The van der Waals surface area contributed by atoms with Gasteiger partial charge in [-0.05, 0) is 18.9 Å². The molecular formula is C9H15N3O2. The third kappa shape index (κ3) is 2.76. The highest BCUT2D eigenvalue weighted by Gasteiger charge is 2.21. The van der Waals surface area contributed by atoms with E-state index in [0.29, 0.717) is 13.1 Å². The fraction of sp³-hybridized carbons (Fsp3) is 0.556. The Labute approximate surface area is 82.9 Å². The topological polar surface area (TPSA) is 75.4 Å². The molecule has 1 fully saturated rings. The molecule has 1 aliphatic rings. The predicted molar refractivity (Wildman–Crippen MR) is 52.5 cm³/mol. The Hall–Kier alpha value is -1.52. The van der Waals surface area contributed by atoms with E-state index in [4.69, 9.17) is 5.73 Å². The molecule has 0 bridgehead atoms. The number of hydrogen-bond donors (Lipinski definition) is 2. The SMILES string of the molecule is C=CC(=O)NC1CCN(C(N)=O)CC1. The fourth-order valence-corrected chi connectivity index (χ4v) is 1.50.